The summed E-state index contributed by atoms with van der Waals surface area (Å²) in [7, 11) is 0. The van der Waals surface area contributed by atoms with Crippen molar-refractivity contribution in [2.75, 3.05) is 26.2 Å². The lowest BCUT2D eigenvalue weighted by molar-refractivity contribution is -0.917. The van der Waals surface area contributed by atoms with Crippen molar-refractivity contribution in [2.24, 2.45) is 0 Å². The summed E-state index contributed by atoms with van der Waals surface area (Å²) in [6.07, 6.45) is 0. The molecule has 1 saturated heterocycles. The number of nitrogens with zero attached hydrogens (tertiary/aromatic N) is 1. The molecule has 0 saturated carbocycles. The molecule has 3 nitrogen and oxygen atoms in total. The molecular formula is C25H27N2OS+. The second-order valence-electron chi connectivity index (χ2n) is 7.46. The lowest BCUT2D eigenvalue weighted by Crippen LogP contribution is -3.13. The van der Waals surface area contributed by atoms with E-state index in [1.54, 1.807) is 16.7 Å². The molecule has 3 aromatic rings. The van der Waals surface area contributed by atoms with E-state index in [2.05, 4.69) is 59.5 Å². The second kappa shape index (κ2) is 9.77. The predicted octanol–water partition coefficient (Wildman–Crippen LogP) is 3.45. The van der Waals surface area contributed by atoms with Crippen LogP contribution in [0.15, 0.2) is 95.9 Å². The van der Waals surface area contributed by atoms with Gasteiger partial charge in [-0.1, -0.05) is 78.9 Å². The van der Waals surface area contributed by atoms with E-state index >= 15 is 0 Å². The summed E-state index contributed by atoms with van der Waals surface area (Å²) in [6, 6.07) is 31.0. The van der Waals surface area contributed by atoms with Gasteiger partial charge in [-0.2, -0.15) is 0 Å². The lowest BCUT2D eigenvalue weighted by atomic mass is 10.1. The number of benzene rings is 3. The van der Waals surface area contributed by atoms with Crippen LogP contribution in [0.2, 0.25) is 0 Å². The largest absolute Gasteiger partial charge is 0.330 e. The van der Waals surface area contributed by atoms with Crippen molar-refractivity contribution in [2.45, 2.75) is 16.7 Å². The predicted molar refractivity (Wildman–Crippen MR) is 119 cm³/mol. The van der Waals surface area contributed by atoms with E-state index in [0.29, 0.717) is 0 Å². The van der Waals surface area contributed by atoms with E-state index in [9.17, 15) is 4.79 Å². The minimum Gasteiger partial charge on any atom is -0.330 e. The molecule has 0 radical (unpaired) electrons. The first-order valence-electron chi connectivity index (χ1n) is 10.2. The first kappa shape index (κ1) is 19.7. The number of amides is 1. The number of hydrogen-bond donors (Lipinski definition) is 1. The van der Waals surface area contributed by atoms with Crippen LogP contribution in [0.4, 0.5) is 0 Å². The number of carbonyl (C=O) groups excluding carboxylic acids is 1. The summed E-state index contributed by atoms with van der Waals surface area (Å²) in [5.41, 5.74) is 2.44. The first-order valence-corrected chi connectivity index (χ1v) is 11.1. The zero-order valence-electron chi connectivity index (χ0n) is 16.5. The first-order chi connectivity index (χ1) is 14.3. The van der Waals surface area contributed by atoms with Crippen molar-refractivity contribution in [3.8, 4) is 0 Å². The minimum absolute atomic E-state index is 0.200. The van der Waals surface area contributed by atoms with Crippen molar-refractivity contribution in [3.05, 3.63) is 102 Å². The Bertz CT molecular complexity index is 894. The van der Waals surface area contributed by atoms with Crippen molar-refractivity contribution in [1.82, 2.24) is 4.90 Å². The summed E-state index contributed by atoms with van der Waals surface area (Å²) in [5, 5.41) is -0.200. The van der Waals surface area contributed by atoms with Gasteiger partial charge in [0.1, 0.15) is 11.8 Å². The van der Waals surface area contributed by atoms with Gasteiger partial charge in [0.15, 0.2) is 0 Å². The lowest BCUT2D eigenvalue weighted by Gasteiger charge is -2.34. The molecule has 0 unspecified atom stereocenters. The Hall–Kier alpha value is -2.56. The average Bonchev–Trinajstić information content (AvgIpc) is 2.79. The van der Waals surface area contributed by atoms with Crippen LogP contribution in [0.5, 0.6) is 0 Å². The zero-order valence-corrected chi connectivity index (χ0v) is 17.4. The summed E-state index contributed by atoms with van der Waals surface area (Å²) < 4.78 is 0. The SMILES string of the molecule is O=C([C@H](Sc1ccccc1)c1ccccc1)N1CC[NH+](Cc2ccccc2)CC1. The van der Waals surface area contributed by atoms with Crippen LogP contribution in [0, 0.1) is 0 Å². The molecule has 1 atom stereocenters. The topological polar surface area (TPSA) is 24.8 Å². The van der Waals surface area contributed by atoms with Crippen molar-refractivity contribution >= 4 is 17.7 Å². The second-order valence-corrected chi connectivity index (χ2v) is 8.64. The molecule has 1 heterocycles. The molecule has 3 aromatic carbocycles. The van der Waals surface area contributed by atoms with E-state index in [4.69, 9.17) is 0 Å². The molecule has 4 rings (SSSR count). The van der Waals surface area contributed by atoms with E-state index < -0.39 is 0 Å². The quantitative estimate of drug-likeness (QED) is 0.638. The van der Waals surface area contributed by atoms with Crippen molar-refractivity contribution in [1.29, 1.82) is 0 Å². The summed E-state index contributed by atoms with van der Waals surface area (Å²) in [6.45, 7) is 4.67. The minimum atomic E-state index is -0.200. The van der Waals surface area contributed by atoms with Gasteiger partial charge in [0, 0.05) is 10.5 Å². The molecule has 29 heavy (non-hydrogen) atoms. The highest BCUT2D eigenvalue weighted by Crippen LogP contribution is 2.36. The standard InChI is InChI=1S/C25H26N2OS/c28-25(27-18-16-26(17-19-27)20-21-10-4-1-5-11-21)24(22-12-6-2-7-13-22)29-23-14-8-3-9-15-23/h1-15,24H,16-20H2/p+1/t24-/m1/s1. The number of hydrogen-bond acceptors (Lipinski definition) is 2. The molecule has 1 fully saturated rings. The summed E-state index contributed by atoms with van der Waals surface area (Å²) in [4.78, 5) is 18.2. The Labute approximate surface area is 177 Å². The Balaban J connectivity index is 1.43. The van der Waals surface area contributed by atoms with Crippen LogP contribution in [-0.4, -0.2) is 37.0 Å². The molecule has 0 bridgehead atoms. The summed E-state index contributed by atoms with van der Waals surface area (Å²) >= 11 is 1.65. The van der Waals surface area contributed by atoms with E-state index in [1.165, 1.54) is 5.56 Å². The fraction of sp³-hybridized carbons (Fsp3) is 0.240. The molecule has 0 aliphatic carbocycles. The molecule has 0 aromatic heterocycles. The third kappa shape index (κ3) is 5.28. The Morgan fingerprint density at radius 3 is 2.00 bits per heavy atom. The molecule has 148 valence electrons. The molecule has 1 aliphatic rings. The van der Waals surface area contributed by atoms with Crippen LogP contribution in [0.3, 0.4) is 0 Å². The third-order valence-corrected chi connectivity index (χ3v) is 6.66. The normalized spacial score (nSPS) is 15.8. The smallest absolute Gasteiger partial charge is 0.240 e. The molecule has 1 amide bonds. The fourth-order valence-electron chi connectivity index (χ4n) is 3.79. The van der Waals surface area contributed by atoms with Crippen LogP contribution >= 0.6 is 11.8 Å². The third-order valence-electron chi connectivity index (χ3n) is 5.40. The van der Waals surface area contributed by atoms with E-state index in [1.807, 2.05) is 36.4 Å². The highest BCUT2D eigenvalue weighted by atomic mass is 32.2. The van der Waals surface area contributed by atoms with Crippen LogP contribution in [0.25, 0.3) is 0 Å². The van der Waals surface area contributed by atoms with Gasteiger partial charge >= 0.3 is 0 Å². The van der Waals surface area contributed by atoms with Crippen molar-refractivity contribution < 1.29 is 9.69 Å². The number of piperazine rings is 1. The van der Waals surface area contributed by atoms with Gasteiger partial charge < -0.3 is 9.80 Å². The summed E-state index contributed by atoms with van der Waals surface area (Å²) in [5.74, 6) is 0.226. The number of thioether (sulfide) groups is 1. The van der Waals surface area contributed by atoms with Gasteiger partial charge in [0.25, 0.3) is 0 Å². The van der Waals surface area contributed by atoms with Gasteiger partial charge in [-0.15, -0.1) is 11.8 Å². The van der Waals surface area contributed by atoms with Crippen LogP contribution in [-0.2, 0) is 11.3 Å². The maximum absolute atomic E-state index is 13.5. The van der Waals surface area contributed by atoms with Gasteiger partial charge in [-0.3, -0.25) is 4.79 Å². The Morgan fingerprint density at radius 1 is 0.828 bits per heavy atom. The molecular weight excluding hydrogens is 376 g/mol. The number of quaternary nitrogens is 1. The number of carbonyl (C=O) groups is 1. The molecule has 4 heteroatoms. The Kier molecular flexibility index (Phi) is 6.65. The highest BCUT2D eigenvalue weighted by Gasteiger charge is 2.30. The van der Waals surface area contributed by atoms with E-state index in [0.717, 1.165) is 43.2 Å². The Morgan fingerprint density at radius 2 is 1.38 bits per heavy atom. The molecule has 0 spiro atoms. The monoisotopic (exact) mass is 403 g/mol. The maximum Gasteiger partial charge on any atom is 0.240 e. The number of nitrogens with one attached hydrogen (secondary N) is 1. The van der Waals surface area contributed by atoms with Gasteiger partial charge in [0.2, 0.25) is 5.91 Å². The van der Waals surface area contributed by atoms with Gasteiger partial charge in [0.05, 0.1) is 26.2 Å². The molecule has 1 aliphatic heterocycles. The highest BCUT2D eigenvalue weighted by molar-refractivity contribution is 8.00. The number of rotatable bonds is 6. The van der Waals surface area contributed by atoms with Crippen LogP contribution < -0.4 is 4.90 Å². The van der Waals surface area contributed by atoms with E-state index in [-0.39, 0.29) is 11.2 Å². The van der Waals surface area contributed by atoms with Gasteiger partial charge in [-0.05, 0) is 17.7 Å². The maximum atomic E-state index is 13.5. The zero-order chi connectivity index (χ0) is 19.9. The average molecular weight is 404 g/mol. The fourth-order valence-corrected chi connectivity index (χ4v) is 4.92. The van der Waals surface area contributed by atoms with Crippen molar-refractivity contribution in [3.63, 3.8) is 0 Å². The van der Waals surface area contributed by atoms with Gasteiger partial charge in [-0.25, -0.2) is 0 Å². The molecule has 1 N–H and O–H groups in total. The van der Waals surface area contributed by atoms with Crippen LogP contribution in [0.1, 0.15) is 16.4 Å².